The van der Waals surface area contributed by atoms with Gasteiger partial charge in [-0.05, 0) is 44.7 Å². The average molecular weight is 366 g/mol. The van der Waals surface area contributed by atoms with Crippen molar-refractivity contribution in [3.63, 3.8) is 0 Å². The zero-order valence-electron chi connectivity index (χ0n) is 17.4. The molecule has 1 saturated heterocycles. The number of amides is 2. The van der Waals surface area contributed by atoms with Gasteiger partial charge in [0, 0.05) is 38.7 Å². The van der Waals surface area contributed by atoms with Gasteiger partial charge in [-0.1, -0.05) is 39.7 Å². The second kappa shape index (κ2) is 12.1. The topological polar surface area (TPSA) is 52.7 Å². The number of carbonyl (C=O) groups excluding carboxylic acids is 2. The Hall–Kier alpha value is -1.36. The number of carbonyl (C=O) groups is 2. The first kappa shape index (κ1) is 22.7. The van der Waals surface area contributed by atoms with Crippen molar-refractivity contribution in [2.75, 3.05) is 39.8 Å². The van der Waals surface area contributed by atoms with E-state index in [2.05, 4.69) is 38.0 Å². The molecule has 5 heteroatoms. The van der Waals surface area contributed by atoms with E-state index in [1.165, 1.54) is 0 Å². The van der Waals surface area contributed by atoms with E-state index in [1.54, 1.807) is 6.08 Å². The summed E-state index contributed by atoms with van der Waals surface area (Å²) < 4.78 is 0. The lowest BCUT2D eigenvalue weighted by atomic mass is 9.93. The molecule has 0 aromatic carbocycles. The second-order valence-electron chi connectivity index (χ2n) is 8.35. The summed E-state index contributed by atoms with van der Waals surface area (Å²) in [6.07, 6.45) is 10.7. The number of nitrogens with zero attached hydrogens (tertiary/aromatic N) is 2. The summed E-state index contributed by atoms with van der Waals surface area (Å²) in [5.74, 6) is 0.313. The van der Waals surface area contributed by atoms with E-state index in [9.17, 15) is 9.59 Å². The van der Waals surface area contributed by atoms with Crippen molar-refractivity contribution in [1.29, 1.82) is 0 Å². The van der Waals surface area contributed by atoms with Gasteiger partial charge in [-0.2, -0.15) is 0 Å². The monoisotopic (exact) mass is 365 g/mol. The molecule has 1 aliphatic rings. The molecule has 5 nitrogen and oxygen atoms in total. The summed E-state index contributed by atoms with van der Waals surface area (Å²) in [7, 11) is 2.07. The summed E-state index contributed by atoms with van der Waals surface area (Å²) in [4.78, 5) is 27.9. The maximum atomic E-state index is 12.2. The lowest BCUT2D eigenvalue weighted by Gasteiger charge is -2.18. The normalized spacial score (nSPS) is 16.6. The lowest BCUT2D eigenvalue weighted by Crippen LogP contribution is -2.29. The molecule has 1 fully saturated rings. The number of hydrogen-bond acceptors (Lipinski definition) is 3. The first-order valence-corrected chi connectivity index (χ1v) is 10.2. The number of likely N-dealkylation sites (N-methyl/N-ethyl adjacent to an activating group) is 1. The SMILES string of the molecule is CCCCCC(=O)NCCCCN(C)C/C=C/C(=O)N1CCC(C)(C)C1. The van der Waals surface area contributed by atoms with Crippen molar-refractivity contribution >= 4 is 11.8 Å². The Bertz CT molecular complexity index is 460. The summed E-state index contributed by atoms with van der Waals surface area (Å²) in [6.45, 7) is 10.8. The summed E-state index contributed by atoms with van der Waals surface area (Å²) in [6, 6.07) is 0. The van der Waals surface area contributed by atoms with Gasteiger partial charge in [0.25, 0.3) is 0 Å². The van der Waals surface area contributed by atoms with Gasteiger partial charge >= 0.3 is 0 Å². The van der Waals surface area contributed by atoms with Crippen LogP contribution in [0, 0.1) is 5.41 Å². The molecule has 0 radical (unpaired) electrons. The predicted octanol–water partition coefficient (Wildman–Crippen LogP) is 3.21. The van der Waals surface area contributed by atoms with E-state index in [1.807, 2.05) is 11.0 Å². The average Bonchev–Trinajstić information content (AvgIpc) is 2.95. The molecule has 0 unspecified atom stereocenters. The predicted molar refractivity (Wildman–Crippen MR) is 108 cm³/mol. The van der Waals surface area contributed by atoms with Crippen LogP contribution in [0.15, 0.2) is 12.2 Å². The Labute approximate surface area is 160 Å². The second-order valence-corrected chi connectivity index (χ2v) is 8.35. The Morgan fingerprint density at radius 2 is 1.96 bits per heavy atom. The minimum Gasteiger partial charge on any atom is -0.356 e. The molecule has 1 heterocycles. The standard InChI is InChI=1S/C21H39N3O2/c1-5-6-7-11-19(25)22-14-8-9-15-23(4)16-10-12-20(26)24-17-13-21(2,3)18-24/h10,12H,5-9,11,13-18H2,1-4H3,(H,22,25)/b12-10+. The molecule has 0 aromatic heterocycles. The highest BCUT2D eigenvalue weighted by atomic mass is 16.2. The van der Waals surface area contributed by atoms with Crippen LogP contribution in [0.4, 0.5) is 0 Å². The zero-order chi connectivity index (χ0) is 19.4. The highest BCUT2D eigenvalue weighted by molar-refractivity contribution is 5.87. The van der Waals surface area contributed by atoms with Crippen LogP contribution in [0.3, 0.4) is 0 Å². The third kappa shape index (κ3) is 9.95. The fourth-order valence-electron chi connectivity index (χ4n) is 3.19. The zero-order valence-corrected chi connectivity index (χ0v) is 17.4. The van der Waals surface area contributed by atoms with Gasteiger partial charge in [-0.25, -0.2) is 0 Å². The highest BCUT2D eigenvalue weighted by Crippen LogP contribution is 2.28. The molecule has 150 valence electrons. The molecule has 0 aromatic rings. The molecule has 1 aliphatic heterocycles. The van der Waals surface area contributed by atoms with E-state index < -0.39 is 0 Å². The quantitative estimate of drug-likeness (QED) is 0.427. The van der Waals surface area contributed by atoms with Crippen LogP contribution >= 0.6 is 0 Å². The highest BCUT2D eigenvalue weighted by Gasteiger charge is 2.30. The fourth-order valence-corrected chi connectivity index (χ4v) is 3.19. The molecule has 1 N–H and O–H groups in total. The maximum absolute atomic E-state index is 12.2. The molecule has 1 rings (SSSR count). The van der Waals surface area contributed by atoms with Crippen molar-refractivity contribution in [2.45, 2.75) is 65.7 Å². The Balaban J connectivity index is 2.05. The van der Waals surface area contributed by atoms with Crippen LogP contribution in [-0.2, 0) is 9.59 Å². The van der Waals surface area contributed by atoms with Crippen molar-refractivity contribution in [1.82, 2.24) is 15.1 Å². The first-order chi connectivity index (χ1) is 12.3. The smallest absolute Gasteiger partial charge is 0.246 e. The molecular weight excluding hydrogens is 326 g/mol. The summed E-state index contributed by atoms with van der Waals surface area (Å²) in [5, 5.41) is 2.99. The van der Waals surface area contributed by atoms with Crippen LogP contribution in [0.2, 0.25) is 0 Å². The number of rotatable bonds is 12. The van der Waals surface area contributed by atoms with Crippen LogP contribution in [-0.4, -0.2) is 61.4 Å². The lowest BCUT2D eigenvalue weighted by molar-refractivity contribution is -0.125. The first-order valence-electron chi connectivity index (χ1n) is 10.2. The summed E-state index contributed by atoms with van der Waals surface area (Å²) >= 11 is 0. The third-order valence-corrected chi connectivity index (χ3v) is 4.96. The minimum atomic E-state index is 0.134. The Morgan fingerprint density at radius 1 is 1.19 bits per heavy atom. The largest absolute Gasteiger partial charge is 0.356 e. The van der Waals surface area contributed by atoms with Gasteiger partial charge in [0.2, 0.25) is 11.8 Å². The number of likely N-dealkylation sites (tertiary alicyclic amines) is 1. The van der Waals surface area contributed by atoms with Gasteiger partial charge in [0.1, 0.15) is 0 Å². The van der Waals surface area contributed by atoms with Crippen LogP contribution < -0.4 is 5.32 Å². The molecule has 0 spiro atoms. The molecule has 2 amide bonds. The van der Waals surface area contributed by atoms with Crippen molar-refractivity contribution in [3.05, 3.63) is 12.2 Å². The Morgan fingerprint density at radius 3 is 2.62 bits per heavy atom. The number of hydrogen-bond donors (Lipinski definition) is 1. The molecular formula is C21H39N3O2. The Kier molecular flexibility index (Phi) is 10.6. The molecule has 0 saturated carbocycles. The molecule has 0 aliphatic carbocycles. The van der Waals surface area contributed by atoms with Crippen molar-refractivity contribution < 1.29 is 9.59 Å². The molecule has 0 bridgehead atoms. The van der Waals surface area contributed by atoms with E-state index in [0.717, 1.165) is 71.2 Å². The maximum Gasteiger partial charge on any atom is 0.246 e. The fraction of sp³-hybridized carbons (Fsp3) is 0.810. The minimum absolute atomic E-state index is 0.134. The van der Waals surface area contributed by atoms with E-state index in [4.69, 9.17) is 0 Å². The van der Waals surface area contributed by atoms with Gasteiger partial charge in [0.15, 0.2) is 0 Å². The van der Waals surface area contributed by atoms with E-state index >= 15 is 0 Å². The molecule has 0 atom stereocenters. The molecule has 26 heavy (non-hydrogen) atoms. The van der Waals surface area contributed by atoms with Crippen LogP contribution in [0.5, 0.6) is 0 Å². The summed E-state index contributed by atoms with van der Waals surface area (Å²) in [5.41, 5.74) is 0.256. The van der Waals surface area contributed by atoms with Gasteiger partial charge in [0.05, 0.1) is 0 Å². The third-order valence-electron chi connectivity index (χ3n) is 4.96. The van der Waals surface area contributed by atoms with Gasteiger partial charge in [-0.3, -0.25) is 9.59 Å². The number of nitrogens with one attached hydrogen (secondary N) is 1. The van der Waals surface area contributed by atoms with Crippen LogP contribution in [0.1, 0.15) is 65.7 Å². The van der Waals surface area contributed by atoms with Crippen LogP contribution in [0.25, 0.3) is 0 Å². The number of unbranched alkanes of at least 4 members (excludes halogenated alkanes) is 3. The van der Waals surface area contributed by atoms with E-state index in [-0.39, 0.29) is 17.2 Å². The van der Waals surface area contributed by atoms with Crippen molar-refractivity contribution in [2.24, 2.45) is 5.41 Å². The van der Waals surface area contributed by atoms with E-state index in [0.29, 0.717) is 6.42 Å². The van der Waals surface area contributed by atoms with Gasteiger partial charge in [-0.15, -0.1) is 0 Å². The van der Waals surface area contributed by atoms with Gasteiger partial charge < -0.3 is 15.1 Å². The van der Waals surface area contributed by atoms with Crippen molar-refractivity contribution in [3.8, 4) is 0 Å².